The highest BCUT2D eigenvalue weighted by Gasteiger charge is 2.15. The molecule has 1 N–H and O–H groups in total. The number of amides is 1. The van der Waals surface area contributed by atoms with E-state index in [4.69, 9.17) is 23.2 Å². The van der Waals surface area contributed by atoms with Crippen LogP contribution >= 0.6 is 23.2 Å². The van der Waals surface area contributed by atoms with Crippen LogP contribution in [-0.2, 0) is 0 Å². The molecule has 1 saturated heterocycles. The van der Waals surface area contributed by atoms with E-state index in [1.165, 1.54) is 12.8 Å². The van der Waals surface area contributed by atoms with Gasteiger partial charge in [-0.15, -0.1) is 10.2 Å². The molecule has 1 fully saturated rings. The minimum atomic E-state index is -0.348. The Labute approximate surface area is 138 Å². The van der Waals surface area contributed by atoms with Gasteiger partial charge in [0.1, 0.15) is 0 Å². The summed E-state index contributed by atoms with van der Waals surface area (Å²) in [5.74, 6) is 0.457. The average molecular weight is 337 g/mol. The second kappa shape index (κ2) is 6.50. The third-order valence-electron chi connectivity index (χ3n) is 3.43. The number of carbonyl (C=O) groups is 1. The molecule has 1 aromatic carbocycles. The van der Waals surface area contributed by atoms with Gasteiger partial charge in [0.2, 0.25) is 0 Å². The molecule has 0 saturated carbocycles. The van der Waals surface area contributed by atoms with E-state index in [-0.39, 0.29) is 11.6 Å². The van der Waals surface area contributed by atoms with Crippen molar-refractivity contribution in [2.45, 2.75) is 12.8 Å². The number of halogens is 2. The molecule has 1 aromatic heterocycles. The monoisotopic (exact) mass is 336 g/mol. The van der Waals surface area contributed by atoms with Gasteiger partial charge in [-0.3, -0.25) is 4.79 Å². The fourth-order valence-corrected chi connectivity index (χ4v) is 2.91. The largest absolute Gasteiger partial charge is 0.355 e. The summed E-state index contributed by atoms with van der Waals surface area (Å²) in [5.41, 5.74) is 0.770. The lowest BCUT2D eigenvalue weighted by molar-refractivity contribution is 0.102. The lowest BCUT2D eigenvalue weighted by atomic mass is 10.3. The third-order valence-corrected chi connectivity index (χ3v) is 3.87. The Kier molecular flexibility index (Phi) is 4.45. The standard InChI is InChI=1S/C15H14Cl2N4O/c16-10-7-11(17)9-12(8-10)18-15(22)13-3-4-14(20-19-13)21-5-1-2-6-21/h3-4,7-9H,1-2,5-6H2,(H,18,22). The summed E-state index contributed by atoms with van der Waals surface area (Å²) < 4.78 is 0. The summed E-state index contributed by atoms with van der Waals surface area (Å²) in [6, 6.07) is 8.33. The number of anilines is 2. The predicted octanol–water partition coefficient (Wildman–Crippen LogP) is 3.64. The van der Waals surface area contributed by atoms with E-state index in [1.54, 1.807) is 24.3 Å². The molecule has 5 nitrogen and oxygen atoms in total. The SMILES string of the molecule is O=C(Nc1cc(Cl)cc(Cl)c1)c1ccc(N2CCCC2)nn1. The first kappa shape index (κ1) is 15.1. The van der Waals surface area contributed by atoms with Crippen LogP contribution in [0.15, 0.2) is 30.3 Å². The summed E-state index contributed by atoms with van der Waals surface area (Å²) in [7, 11) is 0. The highest BCUT2D eigenvalue weighted by atomic mass is 35.5. The first-order valence-electron chi connectivity index (χ1n) is 6.98. The van der Waals surface area contributed by atoms with Crippen molar-refractivity contribution in [2.24, 2.45) is 0 Å². The van der Waals surface area contributed by atoms with Gasteiger partial charge < -0.3 is 10.2 Å². The molecular weight excluding hydrogens is 323 g/mol. The number of hydrogen-bond donors (Lipinski definition) is 1. The molecule has 3 rings (SSSR count). The van der Waals surface area contributed by atoms with E-state index in [0.29, 0.717) is 15.7 Å². The predicted molar refractivity (Wildman–Crippen MR) is 87.9 cm³/mol. The van der Waals surface area contributed by atoms with E-state index in [2.05, 4.69) is 20.4 Å². The number of nitrogens with zero attached hydrogens (tertiary/aromatic N) is 3. The van der Waals surface area contributed by atoms with Gasteiger partial charge in [-0.05, 0) is 43.2 Å². The number of rotatable bonds is 3. The van der Waals surface area contributed by atoms with Gasteiger partial charge in [-0.2, -0.15) is 0 Å². The van der Waals surface area contributed by atoms with Crippen molar-refractivity contribution < 1.29 is 4.79 Å². The van der Waals surface area contributed by atoms with Gasteiger partial charge in [-0.25, -0.2) is 0 Å². The summed E-state index contributed by atoms with van der Waals surface area (Å²) in [6.07, 6.45) is 2.33. The third kappa shape index (κ3) is 3.48. The molecule has 114 valence electrons. The molecule has 0 unspecified atom stereocenters. The van der Waals surface area contributed by atoms with Crippen LogP contribution in [0.2, 0.25) is 10.0 Å². The summed E-state index contributed by atoms with van der Waals surface area (Å²) in [6.45, 7) is 1.97. The van der Waals surface area contributed by atoms with Crippen molar-refractivity contribution in [1.29, 1.82) is 0 Å². The Morgan fingerprint density at radius 3 is 2.32 bits per heavy atom. The zero-order valence-corrected chi connectivity index (χ0v) is 13.2. The first-order valence-corrected chi connectivity index (χ1v) is 7.73. The zero-order chi connectivity index (χ0) is 15.5. The second-order valence-corrected chi connectivity index (χ2v) is 5.96. The van der Waals surface area contributed by atoms with Crippen molar-refractivity contribution in [2.75, 3.05) is 23.3 Å². The van der Waals surface area contributed by atoms with Crippen LogP contribution in [-0.4, -0.2) is 29.2 Å². The minimum Gasteiger partial charge on any atom is -0.355 e. The fourth-order valence-electron chi connectivity index (χ4n) is 2.38. The molecule has 0 aliphatic carbocycles. The Bertz CT molecular complexity index is 664. The lowest BCUT2D eigenvalue weighted by Gasteiger charge is -2.15. The smallest absolute Gasteiger partial charge is 0.276 e. The van der Waals surface area contributed by atoms with E-state index < -0.39 is 0 Å². The normalized spacial score (nSPS) is 14.2. The van der Waals surface area contributed by atoms with E-state index in [0.717, 1.165) is 18.9 Å². The maximum Gasteiger partial charge on any atom is 0.276 e. The van der Waals surface area contributed by atoms with Crippen LogP contribution in [0, 0.1) is 0 Å². The van der Waals surface area contributed by atoms with Crippen molar-refractivity contribution in [3.05, 3.63) is 46.1 Å². The van der Waals surface area contributed by atoms with E-state index in [9.17, 15) is 4.79 Å². The Balaban J connectivity index is 1.71. The lowest BCUT2D eigenvalue weighted by Crippen LogP contribution is -2.21. The van der Waals surface area contributed by atoms with Gasteiger partial charge in [0.25, 0.3) is 5.91 Å². The molecule has 0 radical (unpaired) electrons. The first-order chi connectivity index (χ1) is 10.6. The average Bonchev–Trinajstić information content (AvgIpc) is 3.00. The van der Waals surface area contributed by atoms with Crippen LogP contribution < -0.4 is 10.2 Å². The minimum absolute atomic E-state index is 0.249. The Hall–Kier alpha value is -1.85. The van der Waals surface area contributed by atoms with Crippen LogP contribution in [0.4, 0.5) is 11.5 Å². The molecule has 1 aliphatic rings. The van der Waals surface area contributed by atoms with Crippen molar-refractivity contribution in [3.8, 4) is 0 Å². The van der Waals surface area contributed by atoms with Gasteiger partial charge in [-0.1, -0.05) is 23.2 Å². The highest BCUT2D eigenvalue weighted by Crippen LogP contribution is 2.23. The van der Waals surface area contributed by atoms with Crippen LogP contribution in [0.3, 0.4) is 0 Å². The molecule has 2 aromatic rings. The molecule has 2 heterocycles. The zero-order valence-electron chi connectivity index (χ0n) is 11.7. The number of carbonyl (C=O) groups excluding carboxylic acids is 1. The van der Waals surface area contributed by atoms with Crippen LogP contribution in [0.5, 0.6) is 0 Å². The topological polar surface area (TPSA) is 58.1 Å². The van der Waals surface area contributed by atoms with Crippen LogP contribution in [0.25, 0.3) is 0 Å². The maximum absolute atomic E-state index is 12.2. The summed E-state index contributed by atoms with van der Waals surface area (Å²) in [5, 5.41) is 11.7. The summed E-state index contributed by atoms with van der Waals surface area (Å²) >= 11 is 11.8. The maximum atomic E-state index is 12.2. The van der Waals surface area contributed by atoms with Gasteiger partial charge in [0.15, 0.2) is 11.5 Å². The number of hydrogen-bond acceptors (Lipinski definition) is 4. The van der Waals surface area contributed by atoms with Gasteiger partial charge in [0, 0.05) is 28.8 Å². The van der Waals surface area contributed by atoms with Gasteiger partial charge in [0.05, 0.1) is 0 Å². The highest BCUT2D eigenvalue weighted by molar-refractivity contribution is 6.35. The van der Waals surface area contributed by atoms with Crippen LogP contribution in [0.1, 0.15) is 23.3 Å². The Morgan fingerprint density at radius 1 is 1.05 bits per heavy atom. The quantitative estimate of drug-likeness (QED) is 0.929. The van der Waals surface area contributed by atoms with E-state index in [1.807, 2.05) is 6.07 Å². The summed E-state index contributed by atoms with van der Waals surface area (Å²) in [4.78, 5) is 14.3. The second-order valence-electron chi connectivity index (χ2n) is 5.08. The molecule has 1 amide bonds. The molecular formula is C15H14Cl2N4O. The van der Waals surface area contributed by atoms with Gasteiger partial charge >= 0.3 is 0 Å². The van der Waals surface area contributed by atoms with Crippen molar-refractivity contribution >= 4 is 40.6 Å². The van der Waals surface area contributed by atoms with Crippen molar-refractivity contribution in [3.63, 3.8) is 0 Å². The molecule has 0 spiro atoms. The molecule has 1 aliphatic heterocycles. The molecule has 0 atom stereocenters. The number of aromatic nitrogens is 2. The Morgan fingerprint density at radius 2 is 1.73 bits per heavy atom. The number of benzene rings is 1. The molecule has 22 heavy (non-hydrogen) atoms. The molecule has 7 heteroatoms. The van der Waals surface area contributed by atoms with Crippen molar-refractivity contribution in [1.82, 2.24) is 10.2 Å². The molecule has 0 bridgehead atoms. The number of nitrogens with one attached hydrogen (secondary N) is 1. The fraction of sp³-hybridized carbons (Fsp3) is 0.267. The van der Waals surface area contributed by atoms with E-state index >= 15 is 0 Å².